The molecule has 3 aromatic heterocycles. The normalized spacial score (nSPS) is 14.1. The Morgan fingerprint density at radius 3 is 2.49 bits per heavy atom. The number of piperidine rings is 1. The molecule has 1 aliphatic rings. The van der Waals surface area contributed by atoms with Crippen molar-refractivity contribution in [3.05, 3.63) is 101 Å². The largest absolute Gasteiger partial charge is 0.482 e. The Balaban J connectivity index is 1.08. The van der Waals surface area contributed by atoms with Gasteiger partial charge in [-0.3, -0.25) is 9.59 Å². The van der Waals surface area contributed by atoms with E-state index in [1.165, 1.54) is 24.7 Å². The molecule has 43 heavy (non-hydrogen) atoms. The molecule has 1 fully saturated rings. The standard InChI is InChI=1S/C30H27N5O7S/c1-43(38,39)23-9-7-21(8-10-23)35-28-24(16-33-35)29(32-19-31-28)42-22-11-13-34(14-12-22)30(37)26-15-25(36)27(18-41-26)40-17-20-5-3-2-4-6-20/h2-10,15-16,18-19,22H,11-14,17H2,1H3. The number of hydrogen-bond donors (Lipinski definition) is 0. The number of carbonyl (C=O) groups is 1. The predicted octanol–water partition coefficient (Wildman–Crippen LogP) is 3.43. The van der Waals surface area contributed by atoms with Crippen LogP contribution in [0.3, 0.4) is 0 Å². The fourth-order valence-corrected chi connectivity index (χ4v) is 5.41. The van der Waals surface area contributed by atoms with Gasteiger partial charge in [0.05, 0.1) is 16.8 Å². The molecule has 1 aliphatic heterocycles. The Bertz CT molecular complexity index is 1930. The topological polar surface area (TPSA) is 147 Å². The van der Waals surface area contributed by atoms with Crippen molar-refractivity contribution >= 4 is 26.8 Å². The second-order valence-corrected chi connectivity index (χ2v) is 12.1. The SMILES string of the molecule is CS(=O)(=O)c1ccc(-n2ncc3c(OC4CCN(C(=O)c5cc(=O)c(OCc6ccccc6)co5)CC4)ncnc32)cc1. The lowest BCUT2D eigenvalue weighted by molar-refractivity contribution is 0.0559. The number of hydrogen-bond acceptors (Lipinski definition) is 10. The molecular weight excluding hydrogens is 574 g/mol. The Hall–Kier alpha value is -5.04. The van der Waals surface area contributed by atoms with E-state index >= 15 is 0 Å². The number of benzene rings is 2. The van der Waals surface area contributed by atoms with Gasteiger partial charge in [0.1, 0.15) is 30.7 Å². The molecule has 0 spiro atoms. The monoisotopic (exact) mass is 601 g/mol. The van der Waals surface area contributed by atoms with Gasteiger partial charge in [0.25, 0.3) is 5.91 Å². The van der Waals surface area contributed by atoms with Gasteiger partial charge in [-0.05, 0) is 29.8 Å². The van der Waals surface area contributed by atoms with Crippen molar-refractivity contribution in [3.63, 3.8) is 0 Å². The van der Waals surface area contributed by atoms with Crippen molar-refractivity contribution in [3.8, 4) is 17.3 Å². The summed E-state index contributed by atoms with van der Waals surface area (Å²) in [5, 5.41) is 5.01. The molecule has 1 amide bonds. The third-order valence-electron chi connectivity index (χ3n) is 7.09. The maximum absolute atomic E-state index is 13.0. The highest BCUT2D eigenvalue weighted by atomic mass is 32.2. The molecule has 0 unspecified atom stereocenters. The zero-order valence-corrected chi connectivity index (χ0v) is 23.9. The maximum atomic E-state index is 13.0. The maximum Gasteiger partial charge on any atom is 0.289 e. The van der Waals surface area contributed by atoms with Gasteiger partial charge in [-0.1, -0.05) is 30.3 Å². The number of nitrogens with zero attached hydrogens (tertiary/aromatic N) is 5. The first-order chi connectivity index (χ1) is 20.8. The van der Waals surface area contributed by atoms with Crippen molar-refractivity contribution in [2.24, 2.45) is 0 Å². The molecule has 0 radical (unpaired) electrons. The lowest BCUT2D eigenvalue weighted by Gasteiger charge is -2.31. The number of sulfone groups is 1. The van der Waals surface area contributed by atoms with Crippen molar-refractivity contribution in [1.82, 2.24) is 24.6 Å². The molecule has 0 atom stereocenters. The number of likely N-dealkylation sites (tertiary alicyclic amines) is 1. The van der Waals surface area contributed by atoms with Crippen LogP contribution in [0.4, 0.5) is 0 Å². The van der Waals surface area contributed by atoms with Crippen LogP contribution in [0.2, 0.25) is 0 Å². The van der Waals surface area contributed by atoms with Crippen LogP contribution in [-0.4, -0.2) is 64.4 Å². The van der Waals surface area contributed by atoms with E-state index < -0.39 is 15.3 Å². The van der Waals surface area contributed by atoms with Crippen LogP contribution in [-0.2, 0) is 16.4 Å². The van der Waals surface area contributed by atoms with Gasteiger partial charge in [0, 0.05) is 38.3 Å². The van der Waals surface area contributed by atoms with Gasteiger partial charge in [-0.2, -0.15) is 5.10 Å². The van der Waals surface area contributed by atoms with E-state index in [-0.39, 0.29) is 35.0 Å². The summed E-state index contributed by atoms with van der Waals surface area (Å²) in [4.78, 5) is 36.1. The number of carbonyl (C=O) groups excluding carboxylic acids is 1. The summed E-state index contributed by atoms with van der Waals surface area (Å²) >= 11 is 0. The van der Waals surface area contributed by atoms with Gasteiger partial charge in [-0.15, -0.1) is 0 Å². The van der Waals surface area contributed by atoms with Crippen LogP contribution in [0.15, 0.2) is 93.6 Å². The smallest absolute Gasteiger partial charge is 0.289 e. The number of fused-ring (bicyclic) bond motifs is 1. The molecule has 1 saturated heterocycles. The number of amides is 1. The highest BCUT2D eigenvalue weighted by Crippen LogP contribution is 2.27. The quantitative estimate of drug-likeness (QED) is 0.259. The molecule has 4 heterocycles. The van der Waals surface area contributed by atoms with E-state index in [2.05, 4.69) is 15.1 Å². The Kier molecular flexibility index (Phi) is 7.63. The lowest BCUT2D eigenvalue weighted by Crippen LogP contribution is -2.42. The summed E-state index contributed by atoms with van der Waals surface area (Å²) in [5.41, 5.74) is 1.63. The van der Waals surface area contributed by atoms with E-state index in [0.29, 0.717) is 48.5 Å². The van der Waals surface area contributed by atoms with E-state index in [9.17, 15) is 18.0 Å². The Morgan fingerprint density at radius 1 is 1.05 bits per heavy atom. The second kappa shape index (κ2) is 11.7. The first-order valence-electron chi connectivity index (χ1n) is 13.5. The minimum atomic E-state index is -3.32. The highest BCUT2D eigenvalue weighted by Gasteiger charge is 2.27. The third-order valence-corrected chi connectivity index (χ3v) is 8.22. The molecule has 0 bridgehead atoms. The first-order valence-corrected chi connectivity index (χ1v) is 15.4. The lowest BCUT2D eigenvalue weighted by atomic mass is 10.1. The van der Waals surface area contributed by atoms with Gasteiger partial charge in [-0.25, -0.2) is 23.1 Å². The zero-order chi connectivity index (χ0) is 30.0. The fraction of sp³-hybridized carbons (Fsp3) is 0.233. The minimum Gasteiger partial charge on any atom is -0.482 e. The molecule has 0 N–H and O–H groups in total. The summed E-state index contributed by atoms with van der Waals surface area (Å²) in [6.45, 7) is 1.02. The van der Waals surface area contributed by atoms with E-state index in [1.807, 2.05) is 30.3 Å². The molecule has 0 aliphatic carbocycles. The molecule has 5 aromatic rings. The first kappa shape index (κ1) is 28.1. The van der Waals surface area contributed by atoms with Crippen molar-refractivity contribution < 1.29 is 27.1 Å². The van der Waals surface area contributed by atoms with Crippen LogP contribution < -0.4 is 14.9 Å². The van der Waals surface area contributed by atoms with Crippen LogP contribution >= 0.6 is 0 Å². The fourth-order valence-electron chi connectivity index (χ4n) is 4.78. The Morgan fingerprint density at radius 2 is 1.79 bits per heavy atom. The number of aromatic nitrogens is 4. The van der Waals surface area contributed by atoms with Crippen LogP contribution in [0.25, 0.3) is 16.7 Å². The molecule has 0 saturated carbocycles. The van der Waals surface area contributed by atoms with Gasteiger partial charge < -0.3 is 18.8 Å². The number of ether oxygens (including phenoxy) is 2. The summed E-state index contributed by atoms with van der Waals surface area (Å²) in [7, 11) is -3.32. The van der Waals surface area contributed by atoms with E-state index in [0.717, 1.165) is 17.9 Å². The zero-order valence-electron chi connectivity index (χ0n) is 23.1. The van der Waals surface area contributed by atoms with Crippen LogP contribution in [0.5, 0.6) is 11.6 Å². The Labute approximate surface area is 246 Å². The van der Waals surface area contributed by atoms with Crippen molar-refractivity contribution in [2.45, 2.75) is 30.4 Å². The summed E-state index contributed by atoms with van der Waals surface area (Å²) < 4.78 is 42.4. The third kappa shape index (κ3) is 6.11. The predicted molar refractivity (Wildman–Crippen MR) is 155 cm³/mol. The summed E-state index contributed by atoms with van der Waals surface area (Å²) in [5.74, 6) is -0.0209. The average Bonchev–Trinajstić information content (AvgIpc) is 3.46. The molecule has 13 heteroatoms. The summed E-state index contributed by atoms with van der Waals surface area (Å²) in [6, 6.07) is 16.9. The van der Waals surface area contributed by atoms with Gasteiger partial charge >= 0.3 is 0 Å². The molecule has 12 nitrogen and oxygen atoms in total. The van der Waals surface area contributed by atoms with Crippen LogP contribution in [0.1, 0.15) is 29.0 Å². The molecule has 220 valence electrons. The van der Waals surface area contributed by atoms with Gasteiger partial charge in [0.15, 0.2) is 21.2 Å². The molecular formula is C30H27N5O7S. The van der Waals surface area contributed by atoms with Gasteiger partial charge in [0.2, 0.25) is 17.1 Å². The van der Waals surface area contributed by atoms with E-state index in [4.69, 9.17) is 13.9 Å². The molecule has 2 aromatic carbocycles. The van der Waals surface area contributed by atoms with E-state index in [1.54, 1.807) is 27.9 Å². The minimum absolute atomic E-state index is 0.0397. The number of rotatable bonds is 8. The van der Waals surface area contributed by atoms with Crippen LogP contribution in [0, 0.1) is 0 Å². The molecule has 6 rings (SSSR count). The van der Waals surface area contributed by atoms with Crippen molar-refractivity contribution in [2.75, 3.05) is 19.3 Å². The van der Waals surface area contributed by atoms with Crippen molar-refractivity contribution in [1.29, 1.82) is 0 Å². The second-order valence-electron chi connectivity index (χ2n) is 10.1. The summed E-state index contributed by atoms with van der Waals surface area (Å²) in [6.07, 6.45) is 6.19. The highest BCUT2D eigenvalue weighted by molar-refractivity contribution is 7.90. The average molecular weight is 602 g/mol.